The molecule has 0 aromatic carbocycles. The van der Waals surface area contributed by atoms with Crippen LogP contribution in [0.3, 0.4) is 0 Å². The van der Waals surface area contributed by atoms with Crippen LogP contribution < -0.4 is 11.1 Å². The van der Waals surface area contributed by atoms with Gasteiger partial charge in [-0.1, -0.05) is 20.8 Å². The molecule has 2 heterocycles. The second-order valence-corrected chi connectivity index (χ2v) is 10.6. The van der Waals surface area contributed by atoms with Gasteiger partial charge in [0.25, 0.3) is 0 Å². The van der Waals surface area contributed by atoms with Crippen LogP contribution in [-0.4, -0.2) is 54.3 Å². The van der Waals surface area contributed by atoms with Gasteiger partial charge in [-0.15, -0.1) is 0 Å². The Hall–Kier alpha value is -1.45. The van der Waals surface area contributed by atoms with Crippen molar-refractivity contribution in [3.63, 3.8) is 0 Å². The highest BCUT2D eigenvalue weighted by Gasteiger charge is 2.66. The van der Waals surface area contributed by atoms with Gasteiger partial charge in [0.05, 0.1) is 18.7 Å². The van der Waals surface area contributed by atoms with Crippen molar-refractivity contribution in [1.82, 2.24) is 10.2 Å². The van der Waals surface area contributed by atoms with Gasteiger partial charge < -0.3 is 16.0 Å². The van der Waals surface area contributed by atoms with Crippen LogP contribution in [0.2, 0.25) is 0 Å². The topological polar surface area (TPSA) is 94.5 Å². The standard InChI is InChI=1S/C22H35N5O/c1-15(2)21-7-16(18-10-26-18)8-22(21,24)13-20(3,12-21)14-25-11-19(28)27-6-4-5-17(27)9-23/h10,15-18,25H,4-8,11-14,24H2,1-3H3. The fourth-order valence-corrected chi connectivity index (χ4v) is 6.94. The zero-order valence-electron chi connectivity index (χ0n) is 17.6. The zero-order chi connectivity index (χ0) is 20.2. The Morgan fingerprint density at radius 3 is 2.79 bits per heavy atom. The molecule has 3 fully saturated rings. The average Bonchev–Trinajstić information content (AvgIpc) is 3.21. The van der Waals surface area contributed by atoms with Crippen molar-refractivity contribution in [2.75, 3.05) is 19.6 Å². The minimum atomic E-state index is -0.242. The molecule has 6 unspecified atom stereocenters. The molecule has 0 bridgehead atoms. The minimum Gasteiger partial charge on any atom is -0.326 e. The second kappa shape index (κ2) is 6.81. The van der Waals surface area contributed by atoms with Crippen LogP contribution in [0.5, 0.6) is 0 Å². The summed E-state index contributed by atoms with van der Waals surface area (Å²) in [6.07, 6.45) is 8.19. The Labute approximate surface area is 168 Å². The molecular formula is C22H35N5O. The molecule has 6 atom stereocenters. The zero-order valence-corrected chi connectivity index (χ0v) is 17.6. The number of nitriles is 1. The largest absolute Gasteiger partial charge is 0.326 e. The number of aliphatic imine (C=N–C) groups is 1. The fraction of sp³-hybridized carbons (Fsp3) is 0.864. The van der Waals surface area contributed by atoms with Crippen LogP contribution in [0.15, 0.2) is 4.99 Å². The van der Waals surface area contributed by atoms with E-state index in [0.29, 0.717) is 31.0 Å². The quantitative estimate of drug-likeness (QED) is 0.732. The van der Waals surface area contributed by atoms with Crippen LogP contribution in [-0.2, 0) is 4.79 Å². The third-order valence-electron chi connectivity index (χ3n) is 8.19. The summed E-state index contributed by atoms with van der Waals surface area (Å²) in [5.74, 6) is 1.22. The molecule has 0 radical (unpaired) electrons. The van der Waals surface area contributed by atoms with E-state index in [1.807, 2.05) is 0 Å². The van der Waals surface area contributed by atoms with Crippen molar-refractivity contribution in [3.05, 3.63) is 0 Å². The lowest BCUT2D eigenvalue weighted by molar-refractivity contribution is -0.130. The van der Waals surface area contributed by atoms with Crippen molar-refractivity contribution in [2.45, 2.75) is 76.9 Å². The Bertz CT molecular complexity index is 708. The van der Waals surface area contributed by atoms with Gasteiger partial charge in [-0.2, -0.15) is 5.26 Å². The first kappa shape index (κ1) is 19.8. The monoisotopic (exact) mass is 385 g/mol. The molecule has 2 aliphatic carbocycles. The molecule has 2 aliphatic heterocycles. The number of amides is 1. The van der Waals surface area contributed by atoms with E-state index in [2.05, 4.69) is 43.4 Å². The predicted molar refractivity (Wildman–Crippen MR) is 110 cm³/mol. The Morgan fingerprint density at radius 1 is 1.43 bits per heavy atom. The lowest BCUT2D eigenvalue weighted by atomic mass is 9.66. The van der Waals surface area contributed by atoms with E-state index in [4.69, 9.17) is 5.73 Å². The number of rotatable bonds is 6. The summed E-state index contributed by atoms with van der Waals surface area (Å²) in [4.78, 5) is 18.7. The van der Waals surface area contributed by atoms with Gasteiger partial charge in [-0.05, 0) is 61.2 Å². The van der Waals surface area contributed by atoms with E-state index >= 15 is 0 Å². The maximum absolute atomic E-state index is 12.5. The van der Waals surface area contributed by atoms with Crippen LogP contribution in [0, 0.1) is 34.0 Å². The Morgan fingerprint density at radius 2 is 2.18 bits per heavy atom. The third kappa shape index (κ3) is 3.17. The molecule has 4 aliphatic rings. The van der Waals surface area contributed by atoms with E-state index in [-0.39, 0.29) is 28.3 Å². The van der Waals surface area contributed by atoms with Crippen molar-refractivity contribution in [2.24, 2.45) is 33.4 Å². The lowest BCUT2D eigenvalue weighted by Gasteiger charge is -2.41. The molecule has 4 rings (SSSR count). The van der Waals surface area contributed by atoms with Crippen molar-refractivity contribution < 1.29 is 4.79 Å². The summed E-state index contributed by atoms with van der Waals surface area (Å²) >= 11 is 0. The number of carbonyl (C=O) groups excluding carboxylic acids is 1. The van der Waals surface area contributed by atoms with Gasteiger partial charge >= 0.3 is 0 Å². The van der Waals surface area contributed by atoms with Crippen LogP contribution in [0.1, 0.15) is 59.3 Å². The van der Waals surface area contributed by atoms with Crippen LogP contribution >= 0.6 is 0 Å². The van der Waals surface area contributed by atoms with Gasteiger partial charge in [0.15, 0.2) is 0 Å². The molecule has 28 heavy (non-hydrogen) atoms. The number of fused-ring (bicyclic) bond motifs is 1. The Kier molecular flexibility index (Phi) is 4.83. The summed E-state index contributed by atoms with van der Waals surface area (Å²) in [7, 11) is 0. The highest BCUT2D eigenvalue weighted by atomic mass is 16.2. The summed E-state index contributed by atoms with van der Waals surface area (Å²) < 4.78 is 0. The molecule has 0 spiro atoms. The molecule has 1 saturated heterocycles. The average molecular weight is 386 g/mol. The first-order valence-corrected chi connectivity index (χ1v) is 10.9. The highest BCUT2D eigenvalue weighted by molar-refractivity contribution is 5.79. The molecule has 1 amide bonds. The molecule has 6 heteroatoms. The molecule has 6 nitrogen and oxygen atoms in total. The van der Waals surface area contributed by atoms with E-state index in [9.17, 15) is 10.1 Å². The number of hydrogen-bond donors (Lipinski definition) is 2. The first-order chi connectivity index (χ1) is 13.2. The number of likely N-dealkylation sites (tertiary alicyclic amines) is 1. The van der Waals surface area contributed by atoms with E-state index in [1.165, 1.54) is 6.42 Å². The number of carbonyl (C=O) groups is 1. The van der Waals surface area contributed by atoms with Crippen molar-refractivity contribution in [3.8, 4) is 6.07 Å². The predicted octanol–water partition coefficient (Wildman–Crippen LogP) is 2.09. The maximum Gasteiger partial charge on any atom is 0.237 e. The molecule has 154 valence electrons. The summed E-state index contributed by atoms with van der Waals surface area (Å²) in [6.45, 7) is 8.83. The second-order valence-electron chi connectivity index (χ2n) is 10.6. The maximum atomic E-state index is 12.5. The smallest absolute Gasteiger partial charge is 0.237 e. The van der Waals surface area contributed by atoms with Gasteiger partial charge in [-0.25, -0.2) is 0 Å². The molecular weight excluding hydrogens is 350 g/mol. The number of nitrogens with one attached hydrogen (secondary N) is 1. The highest BCUT2D eigenvalue weighted by Crippen LogP contribution is 2.67. The normalized spacial score (nSPS) is 44.1. The molecule has 0 aromatic rings. The first-order valence-electron chi connectivity index (χ1n) is 10.9. The fourth-order valence-electron chi connectivity index (χ4n) is 6.94. The SMILES string of the molecule is CC(C)C12CC(C3C=N3)CC1(N)CC(C)(CNCC(=O)N1CCCC1C#N)C2. The van der Waals surface area contributed by atoms with E-state index in [1.54, 1.807) is 4.90 Å². The van der Waals surface area contributed by atoms with Crippen molar-refractivity contribution >= 4 is 12.1 Å². The van der Waals surface area contributed by atoms with Gasteiger partial charge in [0.1, 0.15) is 6.04 Å². The summed E-state index contributed by atoms with van der Waals surface area (Å²) in [5.41, 5.74) is 7.26. The van der Waals surface area contributed by atoms with Crippen molar-refractivity contribution in [1.29, 1.82) is 5.26 Å². The van der Waals surface area contributed by atoms with Crippen LogP contribution in [0.4, 0.5) is 0 Å². The van der Waals surface area contributed by atoms with E-state index in [0.717, 1.165) is 38.6 Å². The summed E-state index contributed by atoms with van der Waals surface area (Å²) in [6, 6.07) is 2.45. The molecule has 0 aromatic heterocycles. The lowest BCUT2D eigenvalue weighted by Crippen LogP contribution is -2.50. The number of nitrogens with two attached hydrogens (primary N) is 1. The number of hydrogen-bond acceptors (Lipinski definition) is 5. The molecule has 2 saturated carbocycles. The third-order valence-corrected chi connectivity index (χ3v) is 8.19. The van der Waals surface area contributed by atoms with Crippen LogP contribution in [0.25, 0.3) is 0 Å². The van der Waals surface area contributed by atoms with Gasteiger partial charge in [0.2, 0.25) is 5.91 Å². The minimum absolute atomic E-state index is 0.0535. The summed E-state index contributed by atoms with van der Waals surface area (Å²) in [5, 5.41) is 12.6. The Balaban J connectivity index is 1.37. The van der Waals surface area contributed by atoms with Gasteiger partial charge in [-0.3, -0.25) is 9.79 Å². The number of nitrogens with zero attached hydrogens (tertiary/aromatic N) is 3. The van der Waals surface area contributed by atoms with Gasteiger partial charge in [0, 0.05) is 24.8 Å². The van der Waals surface area contributed by atoms with E-state index < -0.39 is 0 Å². The molecule has 3 N–H and O–H groups in total.